The van der Waals surface area contributed by atoms with Crippen molar-refractivity contribution in [1.82, 2.24) is 20.0 Å². The van der Waals surface area contributed by atoms with E-state index < -0.39 is 17.5 Å². The average Bonchev–Trinajstić information content (AvgIpc) is 3.09. The van der Waals surface area contributed by atoms with Gasteiger partial charge < -0.3 is 10.2 Å². The van der Waals surface area contributed by atoms with Gasteiger partial charge in [0.2, 0.25) is 5.91 Å². The van der Waals surface area contributed by atoms with Crippen molar-refractivity contribution < 1.29 is 14.4 Å². The van der Waals surface area contributed by atoms with E-state index in [0.717, 1.165) is 24.5 Å². The first-order chi connectivity index (χ1) is 16.5. The Balaban J connectivity index is 1.19. The Kier molecular flexibility index (Phi) is 5.79. The van der Waals surface area contributed by atoms with Crippen molar-refractivity contribution in [1.29, 1.82) is 0 Å². The van der Waals surface area contributed by atoms with Gasteiger partial charge in [-0.1, -0.05) is 72.8 Å². The monoisotopic (exact) mass is 456 g/mol. The van der Waals surface area contributed by atoms with Crippen LogP contribution in [0.5, 0.6) is 0 Å². The van der Waals surface area contributed by atoms with Gasteiger partial charge in [-0.15, -0.1) is 0 Å². The first kappa shape index (κ1) is 22.1. The molecule has 0 bridgehead atoms. The molecule has 7 nitrogen and oxygen atoms in total. The van der Waals surface area contributed by atoms with E-state index in [-0.39, 0.29) is 12.5 Å². The van der Waals surface area contributed by atoms with Crippen molar-refractivity contribution in [3.8, 4) is 0 Å². The average molecular weight is 457 g/mol. The Bertz CT molecular complexity index is 1230. The molecule has 5 rings (SSSR count). The van der Waals surface area contributed by atoms with Crippen LogP contribution < -0.4 is 5.32 Å². The van der Waals surface area contributed by atoms with Crippen molar-refractivity contribution >= 4 is 28.6 Å². The first-order valence-corrected chi connectivity index (χ1v) is 11.6. The molecule has 0 saturated carbocycles. The van der Waals surface area contributed by atoms with Crippen LogP contribution >= 0.6 is 0 Å². The number of nitrogens with one attached hydrogen (secondary N) is 1. The molecule has 0 aliphatic carbocycles. The zero-order valence-electron chi connectivity index (χ0n) is 19.2. The quantitative estimate of drug-likeness (QED) is 0.599. The number of piperazine rings is 1. The van der Waals surface area contributed by atoms with Gasteiger partial charge in [0.1, 0.15) is 12.1 Å². The molecule has 2 aliphatic heterocycles. The van der Waals surface area contributed by atoms with E-state index in [1.165, 1.54) is 16.3 Å². The molecule has 7 heteroatoms. The van der Waals surface area contributed by atoms with Crippen molar-refractivity contribution in [2.24, 2.45) is 0 Å². The molecule has 1 N–H and O–H groups in total. The van der Waals surface area contributed by atoms with Gasteiger partial charge in [-0.2, -0.15) is 0 Å². The maximum Gasteiger partial charge on any atom is 0.325 e. The number of hydrogen-bond acceptors (Lipinski definition) is 4. The molecule has 1 unspecified atom stereocenters. The number of fused-ring (bicyclic) bond motifs is 1. The van der Waals surface area contributed by atoms with Crippen LogP contribution in [0.2, 0.25) is 0 Å². The summed E-state index contributed by atoms with van der Waals surface area (Å²) in [5, 5.41) is 5.24. The second-order valence-corrected chi connectivity index (χ2v) is 9.11. The minimum absolute atomic E-state index is 0.203. The number of rotatable bonds is 5. The van der Waals surface area contributed by atoms with E-state index >= 15 is 0 Å². The van der Waals surface area contributed by atoms with Gasteiger partial charge in [0.15, 0.2) is 0 Å². The highest BCUT2D eigenvalue weighted by Gasteiger charge is 2.49. The molecule has 2 aliphatic rings. The highest BCUT2D eigenvalue weighted by atomic mass is 16.2. The van der Waals surface area contributed by atoms with Gasteiger partial charge in [-0.25, -0.2) is 4.79 Å². The molecule has 1 atom stereocenters. The molecular formula is C27H28N4O3. The number of nitrogens with zero attached hydrogens (tertiary/aromatic N) is 3. The number of amides is 4. The third kappa shape index (κ3) is 4.03. The van der Waals surface area contributed by atoms with Gasteiger partial charge >= 0.3 is 6.03 Å². The molecule has 0 spiro atoms. The summed E-state index contributed by atoms with van der Waals surface area (Å²) in [7, 11) is 0. The van der Waals surface area contributed by atoms with Crippen LogP contribution in [0, 0.1) is 0 Å². The van der Waals surface area contributed by atoms with E-state index in [1.807, 2.05) is 24.3 Å². The lowest BCUT2D eigenvalue weighted by Crippen LogP contribution is -2.51. The fourth-order valence-corrected chi connectivity index (χ4v) is 4.87. The van der Waals surface area contributed by atoms with E-state index in [4.69, 9.17) is 0 Å². The Labute approximate surface area is 198 Å². The van der Waals surface area contributed by atoms with Gasteiger partial charge in [0, 0.05) is 32.7 Å². The highest BCUT2D eigenvalue weighted by molar-refractivity contribution is 6.09. The molecule has 2 heterocycles. The number of urea groups is 1. The summed E-state index contributed by atoms with van der Waals surface area (Å²) in [4.78, 5) is 43.7. The number of benzene rings is 3. The van der Waals surface area contributed by atoms with Gasteiger partial charge in [-0.05, 0) is 28.8 Å². The summed E-state index contributed by atoms with van der Waals surface area (Å²) in [6.07, 6.45) is 0. The zero-order valence-corrected chi connectivity index (χ0v) is 19.2. The number of imide groups is 1. The summed E-state index contributed by atoms with van der Waals surface area (Å²) in [5.41, 5.74) is 0.818. The summed E-state index contributed by atoms with van der Waals surface area (Å²) >= 11 is 0. The molecular weight excluding hydrogens is 428 g/mol. The topological polar surface area (TPSA) is 73.0 Å². The molecule has 0 radical (unpaired) electrons. The summed E-state index contributed by atoms with van der Waals surface area (Å²) < 4.78 is 0. The maximum atomic E-state index is 13.1. The third-order valence-electron chi connectivity index (χ3n) is 6.92. The summed E-state index contributed by atoms with van der Waals surface area (Å²) in [6, 6.07) is 23.3. The van der Waals surface area contributed by atoms with Crippen LogP contribution in [0.25, 0.3) is 10.8 Å². The lowest BCUT2D eigenvalue weighted by atomic mass is 9.92. The third-order valence-corrected chi connectivity index (χ3v) is 6.92. The van der Waals surface area contributed by atoms with Crippen LogP contribution in [0.1, 0.15) is 18.1 Å². The summed E-state index contributed by atoms with van der Waals surface area (Å²) in [6.45, 7) is 4.90. The van der Waals surface area contributed by atoms with E-state index in [1.54, 1.807) is 24.0 Å². The number of hydrogen-bond donors (Lipinski definition) is 1. The molecule has 34 heavy (non-hydrogen) atoms. The molecule has 174 valence electrons. The Hall–Kier alpha value is -3.71. The van der Waals surface area contributed by atoms with E-state index in [9.17, 15) is 14.4 Å². The van der Waals surface area contributed by atoms with Gasteiger partial charge in [-0.3, -0.25) is 19.4 Å². The van der Waals surface area contributed by atoms with Crippen LogP contribution in [0.3, 0.4) is 0 Å². The van der Waals surface area contributed by atoms with Crippen LogP contribution in [0.15, 0.2) is 72.8 Å². The molecule has 3 aromatic rings. The number of carbonyl (C=O) groups is 3. The van der Waals surface area contributed by atoms with Crippen LogP contribution in [0.4, 0.5) is 4.79 Å². The standard InChI is InChI=1S/C27H28N4O3/c1-27(22-11-3-2-4-12-22)25(33)31(26(34)28-27)19-24(32)30-16-14-29(15-17-30)18-21-10-7-9-20-8-5-6-13-23(20)21/h2-13H,14-19H2,1H3,(H,28,34). The minimum atomic E-state index is -1.16. The van der Waals surface area contributed by atoms with Crippen molar-refractivity contribution in [3.63, 3.8) is 0 Å². The fourth-order valence-electron chi connectivity index (χ4n) is 4.87. The first-order valence-electron chi connectivity index (χ1n) is 11.6. The minimum Gasteiger partial charge on any atom is -0.339 e. The van der Waals surface area contributed by atoms with Crippen molar-refractivity contribution in [3.05, 3.63) is 83.9 Å². The molecule has 2 saturated heterocycles. The van der Waals surface area contributed by atoms with E-state index in [2.05, 4.69) is 46.6 Å². The molecule has 0 aromatic heterocycles. The van der Waals surface area contributed by atoms with Crippen molar-refractivity contribution in [2.45, 2.75) is 19.0 Å². The Morgan fingerprint density at radius 3 is 2.32 bits per heavy atom. The molecule has 2 fully saturated rings. The second kappa shape index (κ2) is 8.91. The largest absolute Gasteiger partial charge is 0.339 e. The number of carbonyl (C=O) groups excluding carboxylic acids is 3. The van der Waals surface area contributed by atoms with Gasteiger partial charge in [0.05, 0.1) is 0 Å². The van der Waals surface area contributed by atoms with Gasteiger partial charge in [0.25, 0.3) is 5.91 Å². The highest BCUT2D eigenvalue weighted by Crippen LogP contribution is 2.28. The van der Waals surface area contributed by atoms with Crippen LogP contribution in [-0.2, 0) is 21.7 Å². The SMILES string of the molecule is CC1(c2ccccc2)NC(=O)N(CC(=O)N2CCN(Cc3cccc4ccccc34)CC2)C1=O. The molecule has 4 amide bonds. The van der Waals surface area contributed by atoms with Crippen molar-refractivity contribution in [2.75, 3.05) is 32.7 Å². The predicted octanol–water partition coefficient (Wildman–Crippen LogP) is 2.95. The maximum absolute atomic E-state index is 13.1. The second-order valence-electron chi connectivity index (χ2n) is 9.11. The summed E-state index contributed by atoms with van der Waals surface area (Å²) in [5.74, 6) is -0.600. The predicted molar refractivity (Wildman–Crippen MR) is 130 cm³/mol. The normalized spacial score (nSPS) is 21.2. The fraction of sp³-hybridized carbons (Fsp3) is 0.296. The lowest BCUT2D eigenvalue weighted by Gasteiger charge is -2.35. The Morgan fingerprint density at radius 2 is 1.56 bits per heavy atom. The zero-order chi connectivity index (χ0) is 23.7. The van der Waals surface area contributed by atoms with E-state index in [0.29, 0.717) is 18.7 Å². The molecule has 3 aromatic carbocycles. The Morgan fingerprint density at radius 1 is 0.882 bits per heavy atom. The smallest absolute Gasteiger partial charge is 0.325 e. The lowest BCUT2D eigenvalue weighted by molar-refractivity contribution is -0.139. The van der Waals surface area contributed by atoms with Crippen LogP contribution in [-0.4, -0.2) is 65.3 Å².